The summed E-state index contributed by atoms with van der Waals surface area (Å²) in [5, 5.41) is 0. The van der Waals surface area contributed by atoms with E-state index in [9.17, 15) is 4.79 Å². The van der Waals surface area contributed by atoms with Crippen molar-refractivity contribution in [2.24, 2.45) is 0 Å². The Labute approximate surface area is 197 Å². The van der Waals surface area contributed by atoms with Gasteiger partial charge in [0, 0.05) is 26.2 Å². The lowest BCUT2D eigenvalue weighted by Crippen LogP contribution is -2.56. The molecule has 4 rings (SSSR count). The number of fused-ring (bicyclic) bond motifs is 4. The Morgan fingerprint density at radius 3 is 2.67 bits per heavy atom. The van der Waals surface area contributed by atoms with Crippen LogP contribution in [0.15, 0.2) is 60.7 Å². The first-order chi connectivity index (χ1) is 16.0. The van der Waals surface area contributed by atoms with Gasteiger partial charge >= 0.3 is 6.09 Å². The highest BCUT2D eigenvalue weighted by atomic mass is 16.7. The number of amides is 1. The second kappa shape index (κ2) is 10.1. The molecule has 176 valence electrons. The number of methoxy groups -OCH3 is 2. The molecule has 5 heteroatoms. The molecular weight excluding hydrogens is 414 g/mol. The Kier molecular flexibility index (Phi) is 7.20. The van der Waals surface area contributed by atoms with E-state index in [0.29, 0.717) is 6.54 Å². The highest BCUT2D eigenvalue weighted by Crippen LogP contribution is 2.51. The molecular formula is C28H35NO4. The second-order valence-electron chi connectivity index (χ2n) is 9.26. The highest BCUT2D eigenvalue weighted by Gasteiger charge is 2.49. The normalized spacial score (nSPS) is 21.8. The number of benzene rings is 2. The number of rotatable bonds is 8. The number of nitrogens with zero attached hydrogens (tertiary/aromatic N) is 1. The first kappa shape index (κ1) is 23.5. The maximum atomic E-state index is 13.1. The van der Waals surface area contributed by atoms with Crippen molar-refractivity contribution in [1.29, 1.82) is 0 Å². The summed E-state index contributed by atoms with van der Waals surface area (Å²) in [6.07, 6.45) is 3.95. The topological polar surface area (TPSA) is 48.0 Å². The summed E-state index contributed by atoms with van der Waals surface area (Å²) in [6.45, 7) is 7.67. The van der Waals surface area contributed by atoms with Gasteiger partial charge in [0.15, 0.2) is 6.29 Å². The van der Waals surface area contributed by atoms with Gasteiger partial charge in [-0.05, 0) is 61.3 Å². The van der Waals surface area contributed by atoms with Crippen LogP contribution in [0.1, 0.15) is 47.9 Å². The zero-order valence-corrected chi connectivity index (χ0v) is 20.0. The van der Waals surface area contributed by atoms with Gasteiger partial charge in [-0.1, -0.05) is 60.7 Å². The number of likely N-dealkylation sites (tertiary alicyclic amines) is 1. The Bertz CT molecular complexity index is 985. The minimum Gasteiger partial charge on any atom is -0.445 e. The van der Waals surface area contributed by atoms with E-state index in [1.54, 1.807) is 14.2 Å². The molecule has 1 fully saturated rings. The first-order valence-electron chi connectivity index (χ1n) is 11.8. The van der Waals surface area contributed by atoms with Crippen LogP contribution >= 0.6 is 0 Å². The van der Waals surface area contributed by atoms with E-state index in [0.717, 1.165) is 43.2 Å². The summed E-state index contributed by atoms with van der Waals surface area (Å²) in [6, 6.07) is 16.5. The second-order valence-corrected chi connectivity index (χ2v) is 9.26. The van der Waals surface area contributed by atoms with Crippen LogP contribution in [0.25, 0.3) is 0 Å². The van der Waals surface area contributed by atoms with Crippen LogP contribution in [-0.4, -0.2) is 44.1 Å². The van der Waals surface area contributed by atoms with E-state index >= 15 is 0 Å². The van der Waals surface area contributed by atoms with Gasteiger partial charge in [-0.25, -0.2) is 4.79 Å². The molecule has 1 aliphatic heterocycles. The van der Waals surface area contributed by atoms with Crippen LogP contribution in [-0.2, 0) is 32.7 Å². The third-order valence-corrected chi connectivity index (χ3v) is 7.38. The number of piperidine rings is 1. The van der Waals surface area contributed by atoms with Gasteiger partial charge in [0.05, 0.1) is 6.04 Å². The van der Waals surface area contributed by atoms with Crippen molar-refractivity contribution in [1.82, 2.24) is 4.90 Å². The molecule has 0 radical (unpaired) electrons. The van der Waals surface area contributed by atoms with E-state index in [1.807, 2.05) is 35.2 Å². The largest absolute Gasteiger partial charge is 0.445 e. The average molecular weight is 450 g/mol. The van der Waals surface area contributed by atoms with Crippen LogP contribution in [0, 0.1) is 6.92 Å². The Balaban J connectivity index is 1.55. The van der Waals surface area contributed by atoms with Crippen LogP contribution < -0.4 is 0 Å². The fourth-order valence-electron chi connectivity index (χ4n) is 5.54. The summed E-state index contributed by atoms with van der Waals surface area (Å²) in [5.41, 5.74) is 5.95. The fourth-order valence-corrected chi connectivity index (χ4v) is 5.54. The van der Waals surface area contributed by atoms with Crippen molar-refractivity contribution >= 4 is 6.09 Å². The minimum absolute atomic E-state index is 0.0436. The average Bonchev–Trinajstić information content (AvgIpc) is 2.83. The summed E-state index contributed by atoms with van der Waals surface area (Å²) in [7, 11) is 3.36. The Morgan fingerprint density at radius 2 is 1.94 bits per heavy atom. The first-order valence-corrected chi connectivity index (χ1v) is 11.8. The van der Waals surface area contributed by atoms with E-state index < -0.39 is 0 Å². The molecule has 1 heterocycles. The molecule has 1 amide bonds. The lowest BCUT2D eigenvalue weighted by Gasteiger charge is -2.53. The standard InChI is InChI=1S/C28H35NO4/c1-20-12-13-23-18-25-21(2)28(24(23)17-20,14-8-11-26(31-3)32-4)15-16-29(25)27(30)33-19-22-9-6-5-7-10-22/h5-7,9-10,12-13,17,25-26H,2,8,11,14-16,18-19H2,1,3-4H3/t25-,28-/m1/s1. The number of aryl methyl sites for hydroxylation is 1. The quantitative estimate of drug-likeness (QED) is 0.392. The molecule has 0 aromatic heterocycles. The van der Waals surface area contributed by atoms with E-state index in [4.69, 9.17) is 14.2 Å². The predicted octanol–water partition coefficient (Wildman–Crippen LogP) is 5.55. The van der Waals surface area contributed by atoms with Gasteiger partial charge < -0.3 is 19.1 Å². The van der Waals surface area contributed by atoms with Gasteiger partial charge in [-0.3, -0.25) is 0 Å². The van der Waals surface area contributed by atoms with Crippen molar-refractivity contribution in [2.75, 3.05) is 20.8 Å². The van der Waals surface area contributed by atoms with E-state index in [1.165, 1.54) is 16.7 Å². The molecule has 0 N–H and O–H groups in total. The van der Waals surface area contributed by atoms with Gasteiger partial charge in [-0.15, -0.1) is 0 Å². The SMILES string of the molecule is C=C1[C@H]2Cc3ccc(C)cc3[C@]1(CCCC(OC)OC)CCN2C(=O)OCc1ccccc1. The molecule has 2 atom stereocenters. The van der Waals surface area contributed by atoms with Crippen LogP contribution in [0.5, 0.6) is 0 Å². The molecule has 0 unspecified atom stereocenters. The maximum Gasteiger partial charge on any atom is 0.410 e. The molecule has 5 nitrogen and oxygen atoms in total. The monoisotopic (exact) mass is 449 g/mol. The van der Waals surface area contributed by atoms with E-state index in [-0.39, 0.29) is 30.4 Å². The fraction of sp³-hybridized carbons (Fsp3) is 0.464. The molecule has 1 saturated heterocycles. The van der Waals surface area contributed by atoms with Crippen LogP contribution in [0.3, 0.4) is 0 Å². The Morgan fingerprint density at radius 1 is 1.18 bits per heavy atom. The molecule has 2 aromatic rings. The van der Waals surface area contributed by atoms with Crippen LogP contribution in [0.4, 0.5) is 4.79 Å². The number of carbonyl (C=O) groups is 1. The predicted molar refractivity (Wildman–Crippen MR) is 129 cm³/mol. The summed E-state index contributed by atoms with van der Waals surface area (Å²) in [4.78, 5) is 15.0. The zero-order chi connectivity index (χ0) is 23.4. The zero-order valence-electron chi connectivity index (χ0n) is 20.0. The number of hydrogen-bond donors (Lipinski definition) is 0. The molecule has 0 spiro atoms. The maximum absolute atomic E-state index is 13.1. The summed E-state index contributed by atoms with van der Waals surface area (Å²) < 4.78 is 16.5. The van der Waals surface area contributed by atoms with Crippen molar-refractivity contribution < 1.29 is 19.0 Å². The van der Waals surface area contributed by atoms with Gasteiger partial charge in [0.1, 0.15) is 6.61 Å². The third-order valence-electron chi connectivity index (χ3n) is 7.38. The third kappa shape index (κ3) is 4.71. The number of hydrogen-bond acceptors (Lipinski definition) is 4. The van der Waals surface area contributed by atoms with E-state index in [2.05, 4.69) is 31.7 Å². The summed E-state index contributed by atoms with van der Waals surface area (Å²) in [5.74, 6) is 0. The smallest absolute Gasteiger partial charge is 0.410 e. The minimum atomic E-state index is -0.256. The van der Waals surface area contributed by atoms with Gasteiger partial charge in [0.25, 0.3) is 0 Å². The number of carbonyl (C=O) groups excluding carboxylic acids is 1. The van der Waals surface area contributed by atoms with Gasteiger partial charge in [0.2, 0.25) is 0 Å². The number of ether oxygens (including phenoxy) is 3. The molecule has 2 aromatic carbocycles. The lowest BCUT2D eigenvalue weighted by atomic mass is 9.59. The molecule has 2 aliphatic rings. The summed E-state index contributed by atoms with van der Waals surface area (Å²) >= 11 is 0. The Hall–Kier alpha value is -2.63. The highest BCUT2D eigenvalue weighted by molar-refractivity contribution is 5.70. The van der Waals surface area contributed by atoms with Crippen molar-refractivity contribution in [3.05, 3.63) is 82.9 Å². The van der Waals surface area contributed by atoms with Gasteiger partial charge in [-0.2, -0.15) is 0 Å². The van der Waals surface area contributed by atoms with Crippen molar-refractivity contribution in [3.8, 4) is 0 Å². The van der Waals surface area contributed by atoms with Crippen LogP contribution in [0.2, 0.25) is 0 Å². The molecule has 33 heavy (non-hydrogen) atoms. The molecule has 1 aliphatic carbocycles. The van der Waals surface area contributed by atoms with Crippen molar-refractivity contribution in [2.45, 2.75) is 63.4 Å². The van der Waals surface area contributed by atoms with Crippen molar-refractivity contribution in [3.63, 3.8) is 0 Å². The molecule has 2 bridgehead atoms. The lowest BCUT2D eigenvalue weighted by molar-refractivity contribution is -0.107. The molecule has 0 saturated carbocycles.